The summed E-state index contributed by atoms with van der Waals surface area (Å²) in [7, 11) is -4.70. The van der Waals surface area contributed by atoms with Crippen LogP contribution in [0.4, 0.5) is 22.7 Å². The zero-order valence-electron chi connectivity index (χ0n) is 57.3. The highest BCUT2D eigenvalue weighted by Gasteiger charge is 2.34. The van der Waals surface area contributed by atoms with Gasteiger partial charge in [-0.1, -0.05) is 86.3 Å². The quantitative estimate of drug-likeness (QED) is 0.0477. The van der Waals surface area contributed by atoms with Gasteiger partial charge in [-0.2, -0.15) is 0 Å². The third-order valence-corrected chi connectivity index (χ3v) is 22.5. The molecule has 3 fully saturated rings. The Hall–Kier alpha value is -9.09. The highest BCUT2D eigenvalue weighted by Crippen LogP contribution is 2.46. The van der Waals surface area contributed by atoms with Crippen molar-refractivity contribution >= 4 is 101 Å². The molecule has 0 spiro atoms. The number of pyridine rings is 2. The fourth-order valence-electron chi connectivity index (χ4n) is 14.7. The van der Waals surface area contributed by atoms with Crippen LogP contribution in [0.3, 0.4) is 0 Å². The Bertz CT molecular complexity index is 4800. The summed E-state index contributed by atoms with van der Waals surface area (Å²) in [6, 6.07) is 37.9. The van der Waals surface area contributed by atoms with Crippen molar-refractivity contribution in [3.05, 3.63) is 206 Å². The molecular formula is C78H83Cl2N11O9S. The third-order valence-electron chi connectivity index (χ3n) is 20.6. The van der Waals surface area contributed by atoms with Crippen molar-refractivity contribution in [2.24, 2.45) is 16.7 Å². The fraction of sp³-hybridized carbons (Fsp3) is 0.359. The third kappa shape index (κ3) is 15.9. The average molecular weight is 1420 g/mol. The maximum Gasteiger partial charge on any atom is 0.293 e. The van der Waals surface area contributed by atoms with Crippen LogP contribution in [0.5, 0.6) is 23.0 Å². The van der Waals surface area contributed by atoms with E-state index in [-0.39, 0.29) is 45.1 Å². The van der Waals surface area contributed by atoms with Crippen molar-refractivity contribution in [2.75, 3.05) is 100 Å². The Balaban J connectivity index is 0.722. The Morgan fingerprint density at radius 3 is 1.78 bits per heavy atom. The molecule has 3 saturated heterocycles. The average Bonchev–Trinajstić information content (AvgIpc) is 1.75. The first-order valence-electron chi connectivity index (χ1n) is 34.8. The molecule has 2 aliphatic carbocycles. The second kappa shape index (κ2) is 29.1. The van der Waals surface area contributed by atoms with Crippen LogP contribution in [0.2, 0.25) is 10.0 Å². The van der Waals surface area contributed by atoms with Crippen LogP contribution < -0.4 is 29.3 Å². The number of anilines is 3. The number of halogens is 2. The monoisotopic (exact) mass is 1420 g/mol. The number of carbonyl (C=O) groups is 2. The molecule has 5 aromatic carbocycles. The van der Waals surface area contributed by atoms with Gasteiger partial charge in [0.1, 0.15) is 40.0 Å². The molecule has 3 aliphatic heterocycles. The lowest BCUT2D eigenvalue weighted by Crippen LogP contribution is -2.47. The van der Waals surface area contributed by atoms with Gasteiger partial charge in [-0.3, -0.25) is 34.1 Å². The lowest BCUT2D eigenvalue weighted by atomic mass is 9.72. The number of hydrogen-bond donors (Lipinski definition) is 3. The van der Waals surface area contributed by atoms with Crippen molar-refractivity contribution in [3.63, 3.8) is 0 Å². The van der Waals surface area contributed by atoms with E-state index < -0.39 is 37.3 Å². The molecule has 9 aromatic rings. The van der Waals surface area contributed by atoms with Crippen molar-refractivity contribution in [3.8, 4) is 23.0 Å². The minimum atomic E-state index is -4.70. The van der Waals surface area contributed by atoms with E-state index in [4.69, 9.17) is 42.4 Å². The van der Waals surface area contributed by atoms with Crippen molar-refractivity contribution < 1.29 is 37.1 Å². The molecule has 524 valence electrons. The van der Waals surface area contributed by atoms with Gasteiger partial charge in [0.05, 0.1) is 33.3 Å². The molecule has 0 unspecified atom stereocenters. The molecule has 0 saturated carbocycles. The number of aromatic amines is 1. The van der Waals surface area contributed by atoms with Crippen LogP contribution >= 0.6 is 23.2 Å². The maximum absolute atomic E-state index is 15.1. The minimum Gasteiger partial charge on any atom is -0.455 e. The van der Waals surface area contributed by atoms with E-state index >= 15 is 4.79 Å². The van der Waals surface area contributed by atoms with Crippen LogP contribution in [0.1, 0.15) is 111 Å². The highest BCUT2D eigenvalue weighted by atomic mass is 35.5. The summed E-state index contributed by atoms with van der Waals surface area (Å²) in [5.41, 5.74) is 11.1. The second-order valence-electron chi connectivity index (χ2n) is 28.9. The number of nitrogens with zero attached hydrogens (tertiary/aromatic N) is 8. The van der Waals surface area contributed by atoms with Gasteiger partial charge in [0.25, 0.3) is 27.5 Å². The first-order chi connectivity index (χ1) is 48.6. The van der Waals surface area contributed by atoms with Crippen LogP contribution in [-0.4, -0.2) is 140 Å². The molecule has 3 N–H and O–H groups in total. The van der Waals surface area contributed by atoms with Gasteiger partial charge in [0.15, 0.2) is 0 Å². The fourth-order valence-corrected chi connectivity index (χ4v) is 16.0. The molecule has 0 bridgehead atoms. The van der Waals surface area contributed by atoms with Crippen molar-refractivity contribution in [2.45, 2.75) is 84.0 Å². The summed E-state index contributed by atoms with van der Waals surface area (Å²) in [5.74, 6) is -0.174. The van der Waals surface area contributed by atoms with Gasteiger partial charge in [0, 0.05) is 148 Å². The summed E-state index contributed by atoms with van der Waals surface area (Å²) < 4.78 is 50.8. The van der Waals surface area contributed by atoms with E-state index in [9.17, 15) is 23.3 Å². The number of amides is 1. The number of aromatic nitrogens is 4. The van der Waals surface area contributed by atoms with Crippen molar-refractivity contribution in [1.82, 2.24) is 34.0 Å². The Morgan fingerprint density at radius 2 is 1.21 bits per heavy atom. The number of H-pyrrole nitrogens is 1. The van der Waals surface area contributed by atoms with E-state index in [0.29, 0.717) is 66.1 Å². The van der Waals surface area contributed by atoms with E-state index in [2.05, 4.69) is 91.6 Å². The van der Waals surface area contributed by atoms with Gasteiger partial charge in [0.2, 0.25) is 0 Å². The lowest BCUT2D eigenvalue weighted by Gasteiger charge is -2.39. The summed E-state index contributed by atoms with van der Waals surface area (Å²) in [4.78, 5) is 63.0. The number of nitro groups is 1. The van der Waals surface area contributed by atoms with Crippen LogP contribution in [0.25, 0.3) is 33.2 Å². The van der Waals surface area contributed by atoms with Gasteiger partial charge >= 0.3 is 0 Å². The number of carbonyl (C=O) groups excluding carboxylic acids is 2. The Kier molecular flexibility index (Phi) is 19.9. The lowest BCUT2D eigenvalue weighted by molar-refractivity contribution is -0.384. The van der Waals surface area contributed by atoms with Crippen LogP contribution in [-0.2, 0) is 14.8 Å². The van der Waals surface area contributed by atoms with E-state index in [1.807, 2.05) is 54.7 Å². The number of sulfonamides is 1. The summed E-state index contributed by atoms with van der Waals surface area (Å²) >= 11 is 12.7. The molecule has 1 amide bonds. The SMILES string of the molecule is CC1(C)CCC(CN2CCN(c3ccc(C(=O)NS(=O)(=O)c4ccc(NCC5CCOCC5)c([N+](=O)[O-])c4)c(Oc4cnc5c(ccn5C(=O)c5ccc(N6CCN(CC7=C(c8ccc(Cl)cc8)CC(C)(C)CC7)CC6)cc5Oc5cnc6[nH]ccc6c5)c4)c3)CC2)=C(c2ccc(Cl)cc2)C1. The predicted molar refractivity (Wildman–Crippen MR) is 398 cm³/mol. The molecule has 0 atom stereocenters. The molecule has 14 rings (SSSR count). The normalized spacial score (nSPS) is 17.9. The molecular weight excluding hydrogens is 1340 g/mol. The Morgan fingerprint density at radius 1 is 0.663 bits per heavy atom. The molecule has 7 heterocycles. The number of piperazine rings is 2. The van der Waals surface area contributed by atoms with E-state index in [1.54, 1.807) is 42.7 Å². The number of hydrogen-bond acceptors (Lipinski definition) is 16. The van der Waals surface area contributed by atoms with Crippen molar-refractivity contribution in [1.29, 1.82) is 0 Å². The van der Waals surface area contributed by atoms with E-state index in [1.165, 1.54) is 62.4 Å². The second-order valence-corrected chi connectivity index (χ2v) is 31.5. The van der Waals surface area contributed by atoms with Gasteiger partial charge in [-0.25, -0.2) is 23.1 Å². The van der Waals surface area contributed by atoms with Gasteiger partial charge < -0.3 is 34.3 Å². The summed E-state index contributed by atoms with van der Waals surface area (Å²) in [6.07, 6.45) is 14.4. The standard InChI is InChI=1S/C78H83Cl2N11O9S/c1-77(2)25-19-56(67(44-77)52-5-9-58(79)10-6-52)49-86-29-33-88(34-30-86)60-13-16-65(75(92)85-101(96,97)64-15-18-69(70(43-64)91(94)95)82-46-51-23-37-98-38-24-51)71(41-60)99-63-40-55-22-28-90(74(55)84-48-63)76(93)66-17-14-61(42-72(66)100-62-39-54-21-27-81-73(54)83-47-62)89-35-31-87(32-36-89)50-57-20-26-78(3,4)45-68(57)53-7-11-59(80)12-8-53/h5-18,21-22,27-28,39-43,47-48,51,82H,19-20,23-26,29-38,44-46,49-50H2,1-4H3,(H,81,83)(H,85,92). The van der Waals surface area contributed by atoms with Gasteiger partial charge in [-0.05, 0) is 175 Å². The number of nitrogens with one attached hydrogen (secondary N) is 3. The Labute approximate surface area is 598 Å². The number of rotatable bonds is 20. The zero-order chi connectivity index (χ0) is 70.2. The largest absolute Gasteiger partial charge is 0.455 e. The van der Waals surface area contributed by atoms with Crippen LogP contribution in [0, 0.1) is 26.9 Å². The summed E-state index contributed by atoms with van der Waals surface area (Å²) in [5, 5.41) is 18.4. The zero-order valence-corrected chi connectivity index (χ0v) is 59.6. The number of fused-ring (bicyclic) bond motifs is 2. The first kappa shape index (κ1) is 69.0. The number of nitro benzene ring substituents is 1. The number of benzene rings is 5. The molecule has 4 aromatic heterocycles. The smallest absolute Gasteiger partial charge is 0.293 e. The molecule has 101 heavy (non-hydrogen) atoms. The first-order valence-corrected chi connectivity index (χ1v) is 37.0. The molecule has 0 radical (unpaired) electrons. The molecule has 20 nitrogen and oxygen atoms in total. The topological polar surface area (TPSA) is 223 Å². The van der Waals surface area contributed by atoms with Crippen LogP contribution in [0.15, 0.2) is 168 Å². The predicted octanol–water partition coefficient (Wildman–Crippen LogP) is 15.9. The highest BCUT2D eigenvalue weighted by molar-refractivity contribution is 7.90. The van der Waals surface area contributed by atoms with Gasteiger partial charge in [-0.15, -0.1) is 0 Å². The maximum atomic E-state index is 15.1. The van der Waals surface area contributed by atoms with E-state index in [0.717, 1.165) is 132 Å². The molecule has 5 aliphatic rings. The number of allylic oxidation sites excluding steroid dienone is 2. The molecule has 23 heteroatoms. The summed E-state index contributed by atoms with van der Waals surface area (Å²) in [6.45, 7) is 18.8. The number of ether oxygens (including phenoxy) is 3. The minimum absolute atomic E-state index is 0.0279.